The maximum atomic E-state index is 10.3. The Morgan fingerprint density at radius 1 is 1.50 bits per heavy atom. The summed E-state index contributed by atoms with van der Waals surface area (Å²) in [5, 5.41) is 8.46. The van der Waals surface area contributed by atoms with Gasteiger partial charge in [0.25, 0.3) is 0 Å². The van der Waals surface area contributed by atoms with Gasteiger partial charge in [0.1, 0.15) is 0 Å². The number of hydrogen-bond donors (Lipinski definition) is 1. The van der Waals surface area contributed by atoms with Crippen LogP contribution in [0.2, 0.25) is 0 Å². The summed E-state index contributed by atoms with van der Waals surface area (Å²) in [4.78, 5) is 10.3. The van der Waals surface area contributed by atoms with Crippen LogP contribution < -0.4 is 0 Å². The molecule has 0 radical (unpaired) electrons. The third-order valence-electron chi connectivity index (χ3n) is 1.90. The fraction of sp³-hybridized carbons (Fsp3) is 0.700. The summed E-state index contributed by atoms with van der Waals surface area (Å²) < 4.78 is 0. The minimum atomic E-state index is -0.696. The maximum Gasteiger partial charge on any atom is 0.303 e. The predicted octanol–water partition coefficient (Wildman–Crippen LogP) is 2.84. The molecule has 1 atom stereocenters. The Hall–Kier alpha value is -0.790. The first-order valence-electron chi connectivity index (χ1n) is 4.59. The van der Waals surface area contributed by atoms with Crippen LogP contribution in [0.5, 0.6) is 0 Å². The lowest BCUT2D eigenvalue weighted by Crippen LogP contribution is -2.00. The van der Waals surface area contributed by atoms with Gasteiger partial charge in [0.15, 0.2) is 0 Å². The molecule has 0 aliphatic rings. The molecular formula is C10H18O2. The van der Waals surface area contributed by atoms with E-state index in [4.69, 9.17) is 5.11 Å². The summed E-state index contributed by atoms with van der Waals surface area (Å²) in [7, 11) is 0. The Morgan fingerprint density at radius 3 is 2.58 bits per heavy atom. The van der Waals surface area contributed by atoms with Crippen LogP contribution >= 0.6 is 0 Å². The Balaban J connectivity index is 3.67. The summed E-state index contributed by atoms with van der Waals surface area (Å²) in [6, 6.07) is 0. The van der Waals surface area contributed by atoms with E-state index in [1.165, 1.54) is 0 Å². The summed E-state index contributed by atoms with van der Waals surface area (Å²) >= 11 is 0. The molecule has 0 amide bonds. The second kappa shape index (κ2) is 6.89. The van der Waals surface area contributed by atoms with Gasteiger partial charge >= 0.3 is 5.97 Å². The molecule has 0 saturated heterocycles. The maximum absolute atomic E-state index is 10.3. The van der Waals surface area contributed by atoms with E-state index in [-0.39, 0.29) is 6.42 Å². The highest BCUT2D eigenvalue weighted by atomic mass is 16.4. The van der Waals surface area contributed by atoms with Crippen LogP contribution in [-0.4, -0.2) is 11.1 Å². The van der Waals surface area contributed by atoms with Crippen LogP contribution in [0.3, 0.4) is 0 Å². The highest BCUT2D eigenvalue weighted by Crippen LogP contribution is 2.12. The van der Waals surface area contributed by atoms with Gasteiger partial charge in [-0.15, -0.1) is 0 Å². The van der Waals surface area contributed by atoms with Gasteiger partial charge in [0.2, 0.25) is 0 Å². The summed E-state index contributed by atoms with van der Waals surface area (Å²) in [5.74, 6) is -0.251. The zero-order chi connectivity index (χ0) is 9.40. The van der Waals surface area contributed by atoms with Gasteiger partial charge in [-0.2, -0.15) is 0 Å². The minimum Gasteiger partial charge on any atom is -0.481 e. The van der Waals surface area contributed by atoms with Gasteiger partial charge in [-0.25, -0.2) is 0 Å². The number of rotatable bonds is 6. The molecule has 12 heavy (non-hydrogen) atoms. The van der Waals surface area contributed by atoms with Gasteiger partial charge in [0.05, 0.1) is 0 Å². The third-order valence-corrected chi connectivity index (χ3v) is 1.90. The van der Waals surface area contributed by atoms with Crippen LogP contribution in [0.4, 0.5) is 0 Å². The Bertz CT molecular complexity index is 150. The van der Waals surface area contributed by atoms with E-state index in [0.29, 0.717) is 5.92 Å². The Kier molecular flexibility index (Phi) is 6.44. The van der Waals surface area contributed by atoms with Crippen LogP contribution in [0.15, 0.2) is 12.2 Å². The van der Waals surface area contributed by atoms with Crippen LogP contribution in [-0.2, 0) is 4.79 Å². The molecular weight excluding hydrogens is 152 g/mol. The minimum absolute atomic E-state index is 0.284. The molecule has 0 aliphatic carbocycles. The molecule has 1 unspecified atom stereocenters. The molecule has 0 aromatic rings. The lowest BCUT2D eigenvalue weighted by molar-refractivity contribution is -0.137. The second-order valence-electron chi connectivity index (χ2n) is 2.94. The van der Waals surface area contributed by atoms with E-state index in [0.717, 1.165) is 19.3 Å². The number of aliphatic carboxylic acids is 1. The first-order chi connectivity index (χ1) is 5.70. The van der Waals surface area contributed by atoms with Gasteiger partial charge in [-0.1, -0.05) is 26.0 Å². The lowest BCUT2D eigenvalue weighted by Gasteiger charge is -2.06. The fourth-order valence-electron chi connectivity index (χ4n) is 1.07. The van der Waals surface area contributed by atoms with Crippen LogP contribution in [0.25, 0.3) is 0 Å². The molecule has 0 spiro atoms. The topological polar surface area (TPSA) is 37.3 Å². The third kappa shape index (κ3) is 5.96. The first-order valence-corrected chi connectivity index (χ1v) is 4.59. The first kappa shape index (κ1) is 11.2. The molecule has 2 nitrogen and oxygen atoms in total. The van der Waals surface area contributed by atoms with E-state index in [1.54, 1.807) is 0 Å². The smallest absolute Gasteiger partial charge is 0.303 e. The van der Waals surface area contributed by atoms with E-state index in [2.05, 4.69) is 26.0 Å². The van der Waals surface area contributed by atoms with Crippen molar-refractivity contribution in [3.8, 4) is 0 Å². The monoisotopic (exact) mass is 170 g/mol. The molecule has 2 heteroatoms. The van der Waals surface area contributed by atoms with Crippen molar-refractivity contribution >= 4 is 5.97 Å². The van der Waals surface area contributed by atoms with Gasteiger partial charge < -0.3 is 5.11 Å². The number of hydrogen-bond acceptors (Lipinski definition) is 1. The molecule has 1 N–H and O–H groups in total. The Morgan fingerprint density at radius 2 is 2.17 bits per heavy atom. The Labute approximate surface area is 74.3 Å². The zero-order valence-electron chi connectivity index (χ0n) is 7.92. The molecule has 0 saturated carbocycles. The molecule has 0 aliphatic heterocycles. The van der Waals surface area contributed by atoms with Gasteiger partial charge in [0, 0.05) is 6.42 Å². The molecule has 0 heterocycles. The number of allylic oxidation sites excluding steroid dienone is 2. The molecule has 0 rings (SSSR count). The van der Waals surface area contributed by atoms with Crippen molar-refractivity contribution in [1.29, 1.82) is 0 Å². The van der Waals surface area contributed by atoms with Crippen molar-refractivity contribution < 1.29 is 9.90 Å². The zero-order valence-corrected chi connectivity index (χ0v) is 7.92. The van der Waals surface area contributed by atoms with Crippen LogP contribution in [0, 0.1) is 5.92 Å². The highest BCUT2D eigenvalue weighted by Gasteiger charge is 2.04. The standard InChI is InChI=1S/C10H18O2/c1-3-5-6-9(4-2)7-8-10(11)12/h5-6,9H,3-4,7-8H2,1-2H3,(H,11,12)/b6-5+. The fourth-order valence-corrected chi connectivity index (χ4v) is 1.07. The predicted molar refractivity (Wildman–Crippen MR) is 50.1 cm³/mol. The molecule has 0 fully saturated rings. The number of carboxylic acid groups (broad SMARTS) is 1. The molecule has 0 aromatic heterocycles. The van der Waals surface area contributed by atoms with Crippen molar-refractivity contribution in [2.75, 3.05) is 0 Å². The summed E-state index contributed by atoms with van der Waals surface area (Å²) in [6.07, 6.45) is 7.35. The normalized spacial score (nSPS) is 13.5. The molecule has 0 aromatic carbocycles. The quantitative estimate of drug-likeness (QED) is 0.622. The molecule has 0 bridgehead atoms. The van der Waals surface area contributed by atoms with E-state index in [9.17, 15) is 4.79 Å². The van der Waals surface area contributed by atoms with E-state index < -0.39 is 5.97 Å². The summed E-state index contributed by atoms with van der Waals surface area (Å²) in [6.45, 7) is 4.17. The van der Waals surface area contributed by atoms with E-state index >= 15 is 0 Å². The highest BCUT2D eigenvalue weighted by molar-refractivity contribution is 5.66. The van der Waals surface area contributed by atoms with E-state index in [1.807, 2.05) is 0 Å². The van der Waals surface area contributed by atoms with Crippen molar-refractivity contribution in [2.24, 2.45) is 5.92 Å². The van der Waals surface area contributed by atoms with Crippen molar-refractivity contribution in [3.05, 3.63) is 12.2 Å². The van der Waals surface area contributed by atoms with Crippen molar-refractivity contribution in [1.82, 2.24) is 0 Å². The second-order valence-corrected chi connectivity index (χ2v) is 2.94. The van der Waals surface area contributed by atoms with Gasteiger partial charge in [-0.05, 0) is 25.2 Å². The average molecular weight is 170 g/mol. The largest absolute Gasteiger partial charge is 0.481 e. The van der Waals surface area contributed by atoms with Crippen LogP contribution in [0.1, 0.15) is 39.5 Å². The lowest BCUT2D eigenvalue weighted by atomic mass is 10.00. The van der Waals surface area contributed by atoms with Crippen molar-refractivity contribution in [3.63, 3.8) is 0 Å². The average Bonchev–Trinajstić information content (AvgIpc) is 2.05. The summed E-state index contributed by atoms with van der Waals surface area (Å²) in [5.41, 5.74) is 0. The molecule has 70 valence electrons. The SMILES string of the molecule is CC/C=C/C(CC)CCC(=O)O. The van der Waals surface area contributed by atoms with Gasteiger partial charge in [-0.3, -0.25) is 4.79 Å². The number of carboxylic acids is 1. The number of carbonyl (C=O) groups is 1. The van der Waals surface area contributed by atoms with Crippen molar-refractivity contribution in [2.45, 2.75) is 39.5 Å².